The van der Waals surface area contributed by atoms with Crippen molar-refractivity contribution in [1.82, 2.24) is 0 Å². The molecule has 156 valence electrons. The third-order valence-electron chi connectivity index (χ3n) is 4.10. The molecule has 2 heteroatoms. The second-order valence-electron chi connectivity index (χ2n) is 6.82. The lowest BCUT2D eigenvalue weighted by molar-refractivity contribution is 0.397. The molecule has 0 saturated carbocycles. The van der Waals surface area contributed by atoms with E-state index in [1.165, 1.54) is 40.6 Å². The molecule has 2 atom stereocenters. The van der Waals surface area contributed by atoms with Gasteiger partial charge in [-0.1, -0.05) is 92.9 Å². The summed E-state index contributed by atoms with van der Waals surface area (Å²) in [5, 5.41) is 1.33. The van der Waals surface area contributed by atoms with E-state index < -0.39 is 0 Å². The summed E-state index contributed by atoms with van der Waals surface area (Å²) in [7, 11) is 0. The van der Waals surface area contributed by atoms with Crippen LogP contribution in [0.1, 0.15) is 92.9 Å². The summed E-state index contributed by atoms with van der Waals surface area (Å²) in [6, 6.07) is 10.7. The maximum Gasteiger partial charge on any atom is 0.0729 e. The van der Waals surface area contributed by atoms with Crippen LogP contribution >= 0.6 is 11.3 Å². The van der Waals surface area contributed by atoms with Gasteiger partial charge in [0.1, 0.15) is 0 Å². The molecule has 2 aromatic rings. The summed E-state index contributed by atoms with van der Waals surface area (Å²) in [5.74, 6) is 1.86. The molecule has 2 rings (SSSR count). The van der Waals surface area contributed by atoms with Crippen molar-refractivity contribution < 1.29 is 0 Å². The van der Waals surface area contributed by atoms with Crippen molar-refractivity contribution in [2.24, 2.45) is 16.8 Å². The minimum atomic E-state index is 0.815. The van der Waals surface area contributed by atoms with Crippen molar-refractivity contribution in [3.05, 3.63) is 35.2 Å². The van der Waals surface area contributed by atoms with Gasteiger partial charge in [-0.05, 0) is 48.9 Å². The van der Waals surface area contributed by atoms with E-state index in [0.717, 1.165) is 18.4 Å². The van der Waals surface area contributed by atoms with Crippen LogP contribution in [0.25, 0.3) is 10.1 Å². The van der Waals surface area contributed by atoms with Gasteiger partial charge in [0.15, 0.2) is 0 Å². The van der Waals surface area contributed by atoms with E-state index in [9.17, 15) is 0 Å². The molecule has 0 aliphatic rings. The lowest BCUT2D eigenvalue weighted by atomic mass is 9.94. The molecular weight excluding hydrogens is 346 g/mol. The third kappa shape index (κ3) is 14.6. The predicted octanol–water partition coefficient (Wildman–Crippen LogP) is 9.40. The first kappa shape index (κ1) is 28.1. The molecule has 27 heavy (non-hydrogen) atoms. The van der Waals surface area contributed by atoms with Crippen LogP contribution in [0.3, 0.4) is 0 Å². The van der Waals surface area contributed by atoms with Crippen LogP contribution in [0.4, 0.5) is 0 Å². The Kier molecular flexibility index (Phi) is 20.4. The average Bonchev–Trinajstić information content (AvgIpc) is 3.11. The van der Waals surface area contributed by atoms with E-state index in [1.54, 1.807) is 0 Å². The van der Waals surface area contributed by atoms with E-state index in [-0.39, 0.29) is 0 Å². The standard InChI is InChI=1S/C11H11NS.C9H20.C3H8.C2H6/c1-2-12-8-10-7-9-5-3-4-6-11(9)13-10;1-5-8(3)7-9(4)6-2;1-3-2;1-2/h2-7H,8H2,1H3;8-9H,5-7H2,1-4H3;3H2,1-2H3;1-2H3. The normalized spacial score (nSPS) is 12.2. The van der Waals surface area contributed by atoms with Crippen LogP contribution in [-0.2, 0) is 6.54 Å². The fourth-order valence-corrected chi connectivity index (χ4v) is 3.32. The lowest BCUT2D eigenvalue weighted by Gasteiger charge is -2.12. The van der Waals surface area contributed by atoms with Crippen molar-refractivity contribution in [3.8, 4) is 0 Å². The molecule has 0 amide bonds. The minimum Gasteiger partial charge on any atom is -0.292 e. The summed E-state index contributed by atoms with van der Waals surface area (Å²) in [4.78, 5) is 5.56. The second kappa shape index (κ2) is 19.6. The van der Waals surface area contributed by atoms with E-state index in [0.29, 0.717) is 0 Å². The Bertz CT molecular complexity index is 529. The minimum absolute atomic E-state index is 0.815. The Labute approximate surface area is 174 Å². The Morgan fingerprint density at radius 1 is 0.963 bits per heavy atom. The number of benzene rings is 1. The van der Waals surface area contributed by atoms with E-state index >= 15 is 0 Å². The number of aliphatic imine (C=N–C) groups is 1. The Morgan fingerprint density at radius 3 is 1.93 bits per heavy atom. The second-order valence-corrected chi connectivity index (χ2v) is 7.99. The van der Waals surface area contributed by atoms with Gasteiger partial charge in [0.25, 0.3) is 0 Å². The third-order valence-corrected chi connectivity index (χ3v) is 5.21. The summed E-state index contributed by atoms with van der Waals surface area (Å²) >= 11 is 1.82. The quantitative estimate of drug-likeness (QED) is 0.435. The smallest absolute Gasteiger partial charge is 0.0729 e. The van der Waals surface area contributed by atoms with Gasteiger partial charge in [0.05, 0.1) is 6.54 Å². The summed E-state index contributed by atoms with van der Waals surface area (Å²) in [6.45, 7) is 20.2. The fraction of sp³-hybridized carbons (Fsp3) is 0.640. The molecule has 1 aromatic carbocycles. The number of hydrogen-bond acceptors (Lipinski definition) is 2. The van der Waals surface area contributed by atoms with Crippen LogP contribution in [0.2, 0.25) is 0 Å². The first-order chi connectivity index (χ1) is 13.0. The highest BCUT2D eigenvalue weighted by Gasteiger charge is 2.03. The monoisotopic (exact) mass is 391 g/mol. The predicted molar refractivity (Wildman–Crippen MR) is 131 cm³/mol. The van der Waals surface area contributed by atoms with Gasteiger partial charge in [-0.3, -0.25) is 4.99 Å². The van der Waals surface area contributed by atoms with Crippen molar-refractivity contribution in [2.75, 3.05) is 0 Å². The van der Waals surface area contributed by atoms with Crippen LogP contribution < -0.4 is 0 Å². The van der Waals surface area contributed by atoms with Crippen molar-refractivity contribution in [3.63, 3.8) is 0 Å². The molecule has 0 fully saturated rings. The largest absolute Gasteiger partial charge is 0.292 e. The molecular formula is C25H45NS. The highest BCUT2D eigenvalue weighted by Crippen LogP contribution is 2.25. The summed E-state index contributed by atoms with van der Waals surface area (Å²) in [5.41, 5.74) is 0. The zero-order chi connectivity index (χ0) is 21.1. The molecule has 0 bridgehead atoms. The van der Waals surface area contributed by atoms with Crippen LogP contribution in [0, 0.1) is 11.8 Å². The molecule has 1 aromatic heterocycles. The van der Waals surface area contributed by atoms with E-state index in [4.69, 9.17) is 0 Å². The molecule has 0 aliphatic carbocycles. The summed E-state index contributed by atoms with van der Waals surface area (Å²) in [6.07, 6.45) is 7.19. The molecule has 2 unspecified atom stereocenters. The van der Waals surface area contributed by atoms with Crippen LogP contribution in [0.15, 0.2) is 35.3 Å². The van der Waals surface area contributed by atoms with Gasteiger partial charge < -0.3 is 0 Å². The topological polar surface area (TPSA) is 12.4 Å². The zero-order valence-corrected chi connectivity index (χ0v) is 20.3. The first-order valence-corrected chi connectivity index (χ1v) is 11.8. The van der Waals surface area contributed by atoms with Crippen molar-refractivity contribution in [2.45, 2.75) is 94.5 Å². The number of fused-ring (bicyclic) bond motifs is 1. The van der Waals surface area contributed by atoms with Gasteiger partial charge in [-0.25, -0.2) is 0 Å². The molecule has 1 nitrogen and oxygen atoms in total. The molecule has 0 N–H and O–H groups in total. The zero-order valence-electron chi connectivity index (χ0n) is 19.5. The van der Waals surface area contributed by atoms with Crippen LogP contribution in [-0.4, -0.2) is 6.21 Å². The van der Waals surface area contributed by atoms with Crippen LogP contribution in [0.5, 0.6) is 0 Å². The SMILES string of the molecule is CC.CC=NCc1cc2ccccc2s1.CCC.CCC(C)CC(C)CC. The van der Waals surface area contributed by atoms with E-state index in [1.807, 2.05) is 38.3 Å². The molecule has 0 spiro atoms. The van der Waals surface area contributed by atoms with Crippen molar-refractivity contribution in [1.29, 1.82) is 0 Å². The van der Waals surface area contributed by atoms with Gasteiger partial charge in [-0.2, -0.15) is 0 Å². The van der Waals surface area contributed by atoms with Gasteiger partial charge in [-0.15, -0.1) is 11.3 Å². The summed E-state index contributed by atoms with van der Waals surface area (Å²) < 4.78 is 1.35. The molecule has 0 saturated heterocycles. The molecule has 0 aliphatic heterocycles. The average molecular weight is 392 g/mol. The van der Waals surface area contributed by atoms with E-state index in [2.05, 4.69) is 76.9 Å². The Balaban J connectivity index is 0. The number of thiophene rings is 1. The van der Waals surface area contributed by atoms with Gasteiger partial charge >= 0.3 is 0 Å². The Morgan fingerprint density at radius 2 is 1.48 bits per heavy atom. The molecule has 1 heterocycles. The lowest BCUT2D eigenvalue weighted by Crippen LogP contribution is -2.00. The highest BCUT2D eigenvalue weighted by atomic mass is 32.1. The highest BCUT2D eigenvalue weighted by molar-refractivity contribution is 7.19. The maximum absolute atomic E-state index is 4.22. The Hall–Kier alpha value is -1.15. The van der Waals surface area contributed by atoms with Crippen molar-refractivity contribution >= 4 is 27.6 Å². The number of nitrogens with zero attached hydrogens (tertiary/aromatic N) is 1. The molecule has 0 radical (unpaired) electrons. The maximum atomic E-state index is 4.22. The van der Waals surface area contributed by atoms with Gasteiger partial charge in [0.2, 0.25) is 0 Å². The fourth-order valence-electron chi connectivity index (χ4n) is 2.32. The first-order valence-electron chi connectivity index (χ1n) is 10.9. The number of hydrogen-bond donors (Lipinski definition) is 0. The number of rotatable bonds is 6. The van der Waals surface area contributed by atoms with Gasteiger partial charge in [0, 0.05) is 9.58 Å².